The van der Waals surface area contributed by atoms with Crippen LogP contribution >= 0.6 is 0 Å². The summed E-state index contributed by atoms with van der Waals surface area (Å²) in [7, 11) is 0. The lowest BCUT2D eigenvalue weighted by Crippen LogP contribution is -2.21. The van der Waals surface area contributed by atoms with Crippen LogP contribution in [0.4, 0.5) is 0 Å². The first-order valence-corrected chi connectivity index (χ1v) is 4.69. The SMILES string of the molecule is Cc1cc(C)c(C)c(C([N+](=O)[O-])[N+](=O)[O-])c1. The summed E-state index contributed by atoms with van der Waals surface area (Å²) in [5.41, 5.74) is 2.37. The Bertz CT molecular complexity index is 442. The van der Waals surface area contributed by atoms with Crippen LogP contribution in [0.3, 0.4) is 0 Å². The van der Waals surface area contributed by atoms with Crippen molar-refractivity contribution in [2.75, 3.05) is 0 Å². The molecule has 0 radical (unpaired) electrons. The van der Waals surface area contributed by atoms with Gasteiger partial charge in [-0.1, -0.05) is 11.6 Å². The van der Waals surface area contributed by atoms with E-state index in [9.17, 15) is 20.2 Å². The standard InChI is InChI=1S/C10H12N2O4/c1-6-4-7(2)8(3)9(5-6)10(11(13)14)12(15)16/h4-5,10H,1-3H3. The van der Waals surface area contributed by atoms with Crippen LogP contribution in [0.15, 0.2) is 12.1 Å². The van der Waals surface area contributed by atoms with E-state index in [0.717, 1.165) is 11.1 Å². The topological polar surface area (TPSA) is 86.3 Å². The number of hydrogen-bond donors (Lipinski definition) is 0. The predicted octanol–water partition coefficient (Wildman–Crippen LogP) is 2.16. The van der Waals surface area contributed by atoms with E-state index in [2.05, 4.69) is 0 Å². The third-order valence-electron chi connectivity index (χ3n) is 2.53. The molecule has 0 saturated heterocycles. The Hall–Kier alpha value is -1.98. The summed E-state index contributed by atoms with van der Waals surface area (Å²) in [6.07, 6.45) is -1.88. The molecule has 0 spiro atoms. The molecule has 6 heteroatoms. The van der Waals surface area contributed by atoms with Gasteiger partial charge in [0, 0.05) is 0 Å². The Morgan fingerprint density at radius 2 is 1.56 bits per heavy atom. The maximum Gasteiger partial charge on any atom is 0.476 e. The van der Waals surface area contributed by atoms with Crippen LogP contribution in [0.5, 0.6) is 0 Å². The Balaban J connectivity index is 3.40. The zero-order valence-electron chi connectivity index (χ0n) is 9.26. The van der Waals surface area contributed by atoms with Crippen LogP contribution < -0.4 is 0 Å². The van der Waals surface area contributed by atoms with Gasteiger partial charge in [0.25, 0.3) is 0 Å². The van der Waals surface area contributed by atoms with Gasteiger partial charge in [0.05, 0.1) is 0 Å². The summed E-state index contributed by atoms with van der Waals surface area (Å²) < 4.78 is 0. The lowest BCUT2D eigenvalue weighted by molar-refractivity contribution is -0.752. The smallest absolute Gasteiger partial charge is 0.258 e. The van der Waals surface area contributed by atoms with Gasteiger partial charge in [0.2, 0.25) is 0 Å². The van der Waals surface area contributed by atoms with Gasteiger partial charge in [0.1, 0.15) is 15.4 Å². The molecule has 1 rings (SSSR count). The summed E-state index contributed by atoms with van der Waals surface area (Å²) in [6.45, 7) is 5.19. The van der Waals surface area contributed by atoms with Crippen molar-refractivity contribution in [1.82, 2.24) is 0 Å². The first-order valence-electron chi connectivity index (χ1n) is 4.69. The quantitative estimate of drug-likeness (QED) is 0.447. The summed E-state index contributed by atoms with van der Waals surface area (Å²) in [5.74, 6) is 0. The second-order valence-corrected chi connectivity index (χ2v) is 3.74. The molecule has 0 aliphatic heterocycles. The van der Waals surface area contributed by atoms with Crippen molar-refractivity contribution < 1.29 is 9.85 Å². The molecule has 0 fully saturated rings. The van der Waals surface area contributed by atoms with Gasteiger partial charge in [0.15, 0.2) is 0 Å². The third-order valence-corrected chi connectivity index (χ3v) is 2.53. The summed E-state index contributed by atoms with van der Waals surface area (Å²) in [6, 6.07) is 3.34. The summed E-state index contributed by atoms with van der Waals surface area (Å²) >= 11 is 0. The van der Waals surface area contributed by atoms with Gasteiger partial charge in [-0.15, -0.1) is 0 Å². The van der Waals surface area contributed by atoms with E-state index in [4.69, 9.17) is 0 Å². The van der Waals surface area contributed by atoms with Gasteiger partial charge in [-0.3, -0.25) is 20.2 Å². The molecule has 0 aliphatic rings. The molecule has 16 heavy (non-hydrogen) atoms. The second-order valence-electron chi connectivity index (χ2n) is 3.74. The second kappa shape index (κ2) is 4.26. The first-order chi connectivity index (χ1) is 7.34. The molecule has 86 valence electrons. The maximum atomic E-state index is 10.7. The Morgan fingerprint density at radius 3 is 2.00 bits per heavy atom. The third kappa shape index (κ3) is 2.16. The minimum absolute atomic E-state index is 0.160. The molecule has 0 bridgehead atoms. The number of aryl methyl sites for hydroxylation is 2. The van der Waals surface area contributed by atoms with E-state index in [1.807, 2.05) is 6.07 Å². The van der Waals surface area contributed by atoms with E-state index in [-0.39, 0.29) is 5.56 Å². The molecular formula is C10H12N2O4. The minimum Gasteiger partial charge on any atom is -0.258 e. The van der Waals surface area contributed by atoms with E-state index in [1.54, 1.807) is 20.8 Å². The number of rotatable bonds is 3. The molecule has 0 aromatic heterocycles. The first kappa shape index (κ1) is 12.1. The minimum atomic E-state index is -1.88. The highest BCUT2D eigenvalue weighted by Crippen LogP contribution is 2.25. The normalized spacial score (nSPS) is 10.5. The van der Waals surface area contributed by atoms with E-state index in [1.165, 1.54) is 6.07 Å². The van der Waals surface area contributed by atoms with E-state index in [0.29, 0.717) is 5.56 Å². The van der Waals surface area contributed by atoms with Crippen molar-refractivity contribution in [3.63, 3.8) is 0 Å². The molecule has 6 nitrogen and oxygen atoms in total. The van der Waals surface area contributed by atoms with Gasteiger partial charge in [-0.25, -0.2) is 0 Å². The van der Waals surface area contributed by atoms with Crippen molar-refractivity contribution in [1.29, 1.82) is 0 Å². The Morgan fingerprint density at radius 1 is 1.06 bits per heavy atom. The van der Waals surface area contributed by atoms with E-state index < -0.39 is 16.0 Å². The molecule has 1 aromatic rings. The number of nitrogens with zero attached hydrogens (tertiary/aromatic N) is 2. The number of benzene rings is 1. The zero-order chi connectivity index (χ0) is 12.5. The van der Waals surface area contributed by atoms with Crippen LogP contribution in [0.25, 0.3) is 0 Å². The van der Waals surface area contributed by atoms with Crippen LogP contribution in [-0.2, 0) is 0 Å². The van der Waals surface area contributed by atoms with Gasteiger partial charge in [-0.2, -0.15) is 0 Å². The van der Waals surface area contributed by atoms with Crippen molar-refractivity contribution >= 4 is 0 Å². The fraction of sp³-hybridized carbons (Fsp3) is 0.400. The fourth-order valence-corrected chi connectivity index (χ4v) is 1.64. The fourth-order valence-electron chi connectivity index (χ4n) is 1.64. The number of nitro groups is 2. The highest BCUT2D eigenvalue weighted by atomic mass is 16.7. The van der Waals surface area contributed by atoms with Crippen LogP contribution in [0.2, 0.25) is 0 Å². The van der Waals surface area contributed by atoms with Crippen molar-refractivity contribution in [2.45, 2.75) is 26.9 Å². The lowest BCUT2D eigenvalue weighted by Gasteiger charge is -2.09. The maximum absolute atomic E-state index is 10.7. The molecule has 0 aliphatic carbocycles. The number of hydrogen-bond acceptors (Lipinski definition) is 4. The van der Waals surface area contributed by atoms with Crippen molar-refractivity contribution in [3.05, 3.63) is 54.6 Å². The lowest BCUT2D eigenvalue weighted by atomic mass is 9.98. The highest BCUT2D eigenvalue weighted by Gasteiger charge is 2.36. The molecule has 0 amide bonds. The molecule has 0 unspecified atom stereocenters. The Kier molecular flexibility index (Phi) is 3.22. The molecular weight excluding hydrogens is 212 g/mol. The summed E-state index contributed by atoms with van der Waals surface area (Å²) in [4.78, 5) is 19.6. The molecule has 0 N–H and O–H groups in total. The largest absolute Gasteiger partial charge is 0.476 e. The molecule has 0 atom stereocenters. The Labute approximate surface area is 92.2 Å². The van der Waals surface area contributed by atoms with Gasteiger partial charge < -0.3 is 0 Å². The van der Waals surface area contributed by atoms with Crippen molar-refractivity contribution in [3.8, 4) is 0 Å². The summed E-state index contributed by atoms with van der Waals surface area (Å²) in [5, 5.41) is 21.4. The van der Waals surface area contributed by atoms with Crippen LogP contribution in [0, 0.1) is 41.0 Å². The average Bonchev–Trinajstić information content (AvgIpc) is 2.12. The molecule has 0 heterocycles. The van der Waals surface area contributed by atoms with Crippen LogP contribution in [0.1, 0.15) is 28.4 Å². The van der Waals surface area contributed by atoms with E-state index >= 15 is 0 Å². The average molecular weight is 224 g/mol. The van der Waals surface area contributed by atoms with Gasteiger partial charge >= 0.3 is 6.17 Å². The highest BCUT2D eigenvalue weighted by molar-refractivity contribution is 5.37. The monoisotopic (exact) mass is 224 g/mol. The predicted molar refractivity (Wildman–Crippen MR) is 57.4 cm³/mol. The molecule has 0 saturated carbocycles. The van der Waals surface area contributed by atoms with Crippen molar-refractivity contribution in [2.24, 2.45) is 0 Å². The van der Waals surface area contributed by atoms with Gasteiger partial charge in [-0.05, 0) is 38.0 Å². The zero-order valence-corrected chi connectivity index (χ0v) is 9.26. The molecule has 1 aromatic carbocycles. The van der Waals surface area contributed by atoms with Crippen LogP contribution in [-0.4, -0.2) is 9.85 Å².